The second kappa shape index (κ2) is 6.62. The summed E-state index contributed by atoms with van der Waals surface area (Å²) in [4.78, 5) is 27.2. The standard InChI is InChI=1S/C22H23BrN2O3/c1-14-6-7-18-17(12-14)21(19(26)25(18)2)8-10-22(11-9-21,20(27)28)24-16-5-3-4-15(23)13-16/h3-7,12-13,24H,8-11H2,1-2H3,(H,27,28). The fourth-order valence-electron chi connectivity index (χ4n) is 4.69. The van der Waals surface area contributed by atoms with Crippen LogP contribution in [0.1, 0.15) is 36.8 Å². The van der Waals surface area contributed by atoms with E-state index in [2.05, 4.69) is 27.3 Å². The molecule has 2 aromatic carbocycles. The van der Waals surface area contributed by atoms with Gasteiger partial charge < -0.3 is 15.3 Å². The molecule has 2 N–H and O–H groups in total. The van der Waals surface area contributed by atoms with E-state index in [0.717, 1.165) is 27.0 Å². The molecule has 1 amide bonds. The highest BCUT2D eigenvalue weighted by atomic mass is 79.9. The lowest BCUT2D eigenvalue weighted by Gasteiger charge is -2.42. The molecule has 0 radical (unpaired) electrons. The number of carboxylic acids is 1. The quantitative estimate of drug-likeness (QED) is 0.734. The first kappa shape index (κ1) is 19.0. The predicted molar refractivity (Wildman–Crippen MR) is 113 cm³/mol. The largest absolute Gasteiger partial charge is 0.480 e. The highest BCUT2D eigenvalue weighted by Crippen LogP contribution is 2.52. The molecule has 4 rings (SSSR count). The lowest BCUT2D eigenvalue weighted by Crippen LogP contribution is -2.54. The molecule has 1 heterocycles. The number of anilines is 2. The molecule has 2 aromatic rings. The van der Waals surface area contributed by atoms with Crippen molar-refractivity contribution in [3.05, 3.63) is 58.1 Å². The van der Waals surface area contributed by atoms with Gasteiger partial charge in [0.25, 0.3) is 0 Å². The van der Waals surface area contributed by atoms with Gasteiger partial charge in [0.05, 0.1) is 5.41 Å². The number of nitrogens with one attached hydrogen (secondary N) is 1. The summed E-state index contributed by atoms with van der Waals surface area (Å²) >= 11 is 3.43. The monoisotopic (exact) mass is 442 g/mol. The van der Waals surface area contributed by atoms with E-state index in [1.807, 2.05) is 50.4 Å². The van der Waals surface area contributed by atoms with Crippen LogP contribution in [0.2, 0.25) is 0 Å². The summed E-state index contributed by atoms with van der Waals surface area (Å²) < 4.78 is 0.891. The van der Waals surface area contributed by atoms with Crippen molar-refractivity contribution in [2.24, 2.45) is 0 Å². The Kier molecular flexibility index (Phi) is 4.49. The van der Waals surface area contributed by atoms with E-state index in [1.54, 1.807) is 4.90 Å². The molecular weight excluding hydrogens is 420 g/mol. The summed E-state index contributed by atoms with van der Waals surface area (Å²) in [7, 11) is 1.81. The van der Waals surface area contributed by atoms with Crippen LogP contribution in [0.25, 0.3) is 0 Å². The molecule has 0 aromatic heterocycles. The molecular formula is C22H23BrN2O3. The summed E-state index contributed by atoms with van der Waals surface area (Å²) in [5.74, 6) is -0.792. The molecule has 2 aliphatic rings. The number of nitrogens with zero attached hydrogens (tertiary/aromatic N) is 1. The summed E-state index contributed by atoms with van der Waals surface area (Å²) in [6.07, 6.45) is 1.81. The van der Waals surface area contributed by atoms with E-state index in [1.165, 1.54) is 0 Å². The van der Waals surface area contributed by atoms with Crippen molar-refractivity contribution in [3.8, 4) is 0 Å². The Labute approximate surface area is 172 Å². The molecule has 0 bridgehead atoms. The maximum atomic E-state index is 13.2. The number of amides is 1. The molecule has 6 heteroatoms. The van der Waals surface area contributed by atoms with Gasteiger partial charge >= 0.3 is 5.97 Å². The van der Waals surface area contributed by atoms with Crippen LogP contribution < -0.4 is 10.2 Å². The average Bonchev–Trinajstić information content (AvgIpc) is 2.85. The third kappa shape index (κ3) is 2.82. The summed E-state index contributed by atoms with van der Waals surface area (Å²) in [6.45, 7) is 2.02. The van der Waals surface area contributed by atoms with Crippen molar-refractivity contribution < 1.29 is 14.7 Å². The molecule has 1 fully saturated rings. The third-order valence-corrected chi connectivity index (χ3v) is 6.81. The Morgan fingerprint density at radius 2 is 1.86 bits per heavy atom. The van der Waals surface area contributed by atoms with Gasteiger partial charge in [-0.15, -0.1) is 0 Å². The number of hydrogen-bond donors (Lipinski definition) is 2. The number of aryl methyl sites for hydroxylation is 1. The normalized spacial score (nSPS) is 26.4. The van der Waals surface area contributed by atoms with E-state index in [9.17, 15) is 14.7 Å². The van der Waals surface area contributed by atoms with Crippen LogP contribution >= 0.6 is 15.9 Å². The number of aliphatic carboxylic acids is 1. The lowest BCUT2D eigenvalue weighted by molar-refractivity contribution is -0.145. The van der Waals surface area contributed by atoms with Gasteiger partial charge in [0.2, 0.25) is 5.91 Å². The highest BCUT2D eigenvalue weighted by molar-refractivity contribution is 9.10. The van der Waals surface area contributed by atoms with Gasteiger partial charge in [0, 0.05) is 22.9 Å². The van der Waals surface area contributed by atoms with Gasteiger partial charge in [-0.1, -0.05) is 39.7 Å². The van der Waals surface area contributed by atoms with Crippen LogP contribution in [0.3, 0.4) is 0 Å². The summed E-state index contributed by atoms with van der Waals surface area (Å²) in [5, 5.41) is 13.3. The molecule has 0 atom stereocenters. The molecule has 0 unspecified atom stereocenters. The number of carbonyl (C=O) groups is 2. The van der Waals surface area contributed by atoms with Crippen LogP contribution in [0, 0.1) is 6.92 Å². The Bertz CT molecular complexity index is 964. The topological polar surface area (TPSA) is 69.6 Å². The molecule has 1 saturated carbocycles. The lowest BCUT2D eigenvalue weighted by atomic mass is 9.64. The number of likely N-dealkylation sites (N-methyl/N-ethyl adjacent to an activating group) is 1. The highest BCUT2D eigenvalue weighted by Gasteiger charge is 2.56. The van der Waals surface area contributed by atoms with Crippen molar-refractivity contribution >= 4 is 39.2 Å². The van der Waals surface area contributed by atoms with Crippen molar-refractivity contribution in [2.45, 2.75) is 43.6 Å². The van der Waals surface area contributed by atoms with Crippen LogP contribution in [0.15, 0.2) is 46.9 Å². The first-order valence-electron chi connectivity index (χ1n) is 9.44. The van der Waals surface area contributed by atoms with E-state index in [0.29, 0.717) is 25.7 Å². The summed E-state index contributed by atoms with van der Waals surface area (Å²) in [6, 6.07) is 13.6. The number of rotatable bonds is 3. The van der Waals surface area contributed by atoms with Gasteiger partial charge in [0.15, 0.2) is 0 Å². The second-order valence-corrected chi connectivity index (χ2v) is 8.91. The van der Waals surface area contributed by atoms with Crippen LogP contribution in [-0.4, -0.2) is 29.6 Å². The van der Waals surface area contributed by atoms with Crippen LogP contribution in [0.4, 0.5) is 11.4 Å². The number of fused-ring (bicyclic) bond motifs is 2. The smallest absolute Gasteiger partial charge is 0.329 e. The maximum Gasteiger partial charge on any atom is 0.329 e. The maximum absolute atomic E-state index is 13.2. The minimum Gasteiger partial charge on any atom is -0.480 e. The molecule has 5 nitrogen and oxygen atoms in total. The van der Waals surface area contributed by atoms with Crippen LogP contribution in [0.5, 0.6) is 0 Å². The zero-order valence-corrected chi connectivity index (χ0v) is 17.5. The van der Waals surface area contributed by atoms with Gasteiger partial charge in [-0.05, 0) is 62.4 Å². The van der Waals surface area contributed by atoms with Crippen LogP contribution in [-0.2, 0) is 15.0 Å². The number of carboxylic acid groups (broad SMARTS) is 1. The number of carbonyl (C=O) groups excluding carboxylic acids is 1. The first-order valence-corrected chi connectivity index (χ1v) is 10.2. The Balaban J connectivity index is 1.67. The van der Waals surface area contributed by atoms with E-state index in [4.69, 9.17) is 0 Å². The van der Waals surface area contributed by atoms with Gasteiger partial charge in [0.1, 0.15) is 5.54 Å². The zero-order valence-electron chi connectivity index (χ0n) is 16.0. The van der Waals surface area contributed by atoms with E-state index >= 15 is 0 Å². The average molecular weight is 443 g/mol. The van der Waals surface area contributed by atoms with Crippen molar-refractivity contribution in [3.63, 3.8) is 0 Å². The van der Waals surface area contributed by atoms with Gasteiger partial charge in [-0.25, -0.2) is 4.79 Å². The van der Waals surface area contributed by atoms with Crippen molar-refractivity contribution in [1.82, 2.24) is 0 Å². The Morgan fingerprint density at radius 1 is 1.14 bits per heavy atom. The molecule has 1 aliphatic heterocycles. The van der Waals surface area contributed by atoms with Gasteiger partial charge in [-0.3, -0.25) is 4.79 Å². The zero-order chi connectivity index (χ0) is 20.1. The third-order valence-electron chi connectivity index (χ3n) is 6.32. The van der Waals surface area contributed by atoms with E-state index < -0.39 is 16.9 Å². The molecule has 146 valence electrons. The van der Waals surface area contributed by atoms with Crippen molar-refractivity contribution in [2.75, 3.05) is 17.3 Å². The number of hydrogen-bond acceptors (Lipinski definition) is 3. The molecule has 28 heavy (non-hydrogen) atoms. The SMILES string of the molecule is Cc1ccc2c(c1)C1(CCC(Nc3cccc(Br)c3)(C(=O)O)CC1)C(=O)N2C. The minimum absolute atomic E-state index is 0.0783. The second-order valence-electron chi connectivity index (χ2n) is 7.99. The molecule has 0 saturated heterocycles. The number of benzene rings is 2. The van der Waals surface area contributed by atoms with Gasteiger partial charge in [-0.2, -0.15) is 0 Å². The molecule has 1 spiro atoms. The van der Waals surface area contributed by atoms with Crippen molar-refractivity contribution in [1.29, 1.82) is 0 Å². The fourth-order valence-corrected chi connectivity index (χ4v) is 5.09. The summed E-state index contributed by atoms with van der Waals surface area (Å²) in [5.41, 5.74) is 2.17. The first-order chi connectivity index (χ1) is 13.3. The molecule has 1 aliphatic carbocycles. The number of halogens is 1. The minimum atomic E-state index is -1.07. The Hall–Kier alpha value is -2.34. The predicted octanol–water partition coefficient (Wildman–Crippen LogP) is 4.48. The Morgan fingerprint density at radius 3 is 2.50 bits per heavy atom. The fraction of sp³-hybridized carbons (Fsp3) is 0.364. The van der Waals surface area contributed by atoms with E-state index in [-0.39, 0.29) is 5.91 Å².